The maximum Gasteiger partial charge on any atom is 0.253 e. The Bertz CT molecular complexity index is 1090. The molecule has 0 amide bonds. The highest BCUT2D eigenvalue weighted by Crippen LogP contribution is 2.29. The predicted molar refractivity (Wildman–Crippen MR) is 102 cm³/mol. The van der Waals surface area contributed by atoms with Crippen molar-refractivity contribution in [2.24, 2.45) is 0 Å². The van der Waals surface area contributed by atoms with Crippen molar-refractivity contribution in [3.8, 4) is 11.8 Å². The quantitative estimate of drug-likeness (QED) is 0.727. The van der Waals surface area contributed by atoms with Gasteiger partial charge in [-0.25, -0.2) is 4.98 Å². The summed E-state index contributed by atoms with van der Waals surface area (Å²) in [5, 5.41) is 13.5. The van der Waals surface area contributed by atoms with Crippen molar-refractivity contribution in [1.29, 1.82) is 5.26 Å². The molecule has 2 aromatic heterocycles. The molecular weight excluding hydrogens is 352 g/mol. The molecule has 0 radical (unpaired) electrons. The van der Waals surface area contributed by atoms with Gasteiger partial charge >= 0.3 is 0 Å². The fourth-order valence-corrected chi connectivity index (χ4v) is 3.00. The number of hydrogen-bond acceptors (Lipinski definition) is 5. The van der Waals surface area contributed by atoms with Gasteiger partial charge in [0.1, 0.15) is 17.6 Å². The third kappa shape index (κ3) is 3.35. The summed E-state index contributed by atoms with van der Waals surface area (Å²) < 4.78 is 5.18. The van der Waals surface area contributed by atoms with E-state index in [-0.39, 0.29) is 11.6 Å². The van der Waals surface area contributed by atoms with E-state index < -0.39 is 0 Å². The number of benzene rings is 1. The van der Waals surface area contributed by atoms with Crippen molar-refractivity contribution in [1.82, 2.24) is 9.97 Å². The molecule has 6 nitrogen and oxygen atoms in total. The van der Waals surface area contributed by atoms with Crippen LogP contribution in [0.5, 0.6) is 5.75 Å². The van der Waals surface area contributed by atoms with E-state index in [4.69, 9.17) is 21.6 Å². The Balaban J connectivity index is 1.96. The van der Waals surface area contributed by atoms with Crippen LogP contribution in [0.2, 0.25) is 5.02 Å². The topological polar surface area (TPSA) is 90.8 Å². The summed E-state index contributed by atoms with van der Waals surface area (Å²) >= 11 is 6.18. The molecule has 132 valence electrons. The van der Waals surface area contributed by atoms with Gasteiger partial charge in [-0.3, -0.25) is 4.79 Å². The van der Waals surface area contributed by atoms with Crippen LogP contribution in [0, 0.1) is 18.3 Å². The number of rotatable bonds is 4. The van der Waals surface area contributed by atoms with Gasteiger partial charge in [-0.2, -0.15) is 5.26 Å². The number of H-pyrrole nitrogens is 1. The van der Waals surface area contributed by atoms with Crippen LogP contribution in [0.3, 0.4) is 0 Å². The molecule has 1 aromatic carbocycles. The van der Waals surface area contributed by atoms with E-state index in [0.29, 0.717) is 33.2 Å². The lowest BCUT2D eigenvalue weighted by molar-refractivity contribution is 0.415. The van der Waals surface area contributed by atoms with E-state index in [1.807, 2.05) is 13.8 Å². The second kappa shape index (κ2) is 7.06. The zero-order valence-corrected chi connectivity index (χ0v) is 15.3. The van der Waals surface area contributed by atoms with Crippen LogP contribution in [0.1, 0.15) is 29.7 Å². The molecule has 0 saturated heterocycles. The molecule has 2 N–H and O–H groups in total. The van der Waals surface area contributed by atoms with E-state index in [2.05, 4.69) is 21.4 Å². The van der Waals surface area contributed by atoms with Gasteiger partial charge < -0.3 is 15.0 Å². The number of hydrogen-bond donors (Lipinski definition) is 2. The third-order valence-corrected chi connectivity index (χ3v) is 4.50. The number of aromatic nitrogens is 2. The zero-order chi connectivity index (χ0) is 18.8. The van der Waals surface area contributed by atoms with Crippen LogP contribution < -0.4 is 15.6 Å². The summed E-state index contributed by atoms with van der Waals surface area (Å²) in [6.07, 6.45) is 1.51. The number of nitrogens with zero attached hydrogens (tertiary/aromatic N) is 2. The van der Waals surface area contributed by atoms with Gasteiger partial charge in [0.05, 0.1) is 29.3 Å². The number of pyridine rings is 2. The lowest BCUT2D eigenvalue weighted by Crippen LogP contribution is -2.20. The predicted octanol–water partition coefficient (Wildman–Crippen LogP) is 3.94. The average Bonchev–Trinajstić information content (AvgIpc) is 2.61. The number of nitriles is 1. The molecule has 0 aliphatic carbocycles. The summed E-state index contributed by atoms with van der Waals surface area (Å²) in [7, 11) is 1.53. The normalized spacial score (nSPS) is 11.8. The molecule has 2 heterocycles. The first kappa shape index (κ1) is 17.8. The molecule has 0 aliphatic rings. The van der Waals surface area contributed by atoms with Crippen LogP contribution >= 0.6 is 11.6 Å². The van der Waals surface area contributed by atoms with Crippen LogP contribution in [-0.4, -0.2) is 17.1 Å². The molecule has 0 saturated carbocycles. The number of halogens is 1. The first-order valence-electron chi connectivity index (χ1n) is 7.96. The smallest absolute Gasteiger partial charge is 0.253 e. The average molecular weight is 369 g/mol. The second-order valence-corrected chi connectivity index (χ2v) is 6.40. The van der Waals surface area contributed by atoms with Crippen molar-refractivity contribution >= 4 is 28.3 Å². The molecule has 1 atom stereocenters. The Morgan fingerprint density at radius 2 is 2.12 bits per heavy atom. The molecule has 0 spiro atoms. The van der Waals surface area contributed by atoms with Crippen molar-refractivity contribution in [3.05, 3.63) is 62.5 Å². The lowest BCUT2D eigenvalue weighted by atomic mass is 10.1. The van der Waals surface area contributed by atoms with Crippen molar-refractivity contribution in [2.75, 3.05) is 12.4 Å². The van der Waals surface area contributed by atoms with E-state index in [0.717, 1.165) is 10.9 Å². The fourth-order valence-electron chi connectivity index (χ4n) is 2.75. The van der Waals surface area contributed by atoms with Gasteiger partial charge in [-0.15, -0.1) is 0 Å². The number of aryl methyl sites for hydroxylation is 1. The Hall–Kier alpha value is -3.04. The van der Waals surface area contributed by atoms with Gasteiger partial charge in [-0.1, -0.05) is 11.6 Å². The van der Waals surface area contributed by atoms with E-state index in [1.165, 1.54) is 13.3 Å². The molecular formula is C19H17ClN4O2. The first-order valence-corrected chi connectivity index (χ1v) is 8.34. The van der Waals surface area contributed by atoms with Crippen molar-refractivity contribution < 1.29 is 4.74 Å². The minimum absolute atomic E-state index is 0.202. The Kier molecular flexibility index (Phi) is 4.83. The number of fused-ring (bicyclic) bond motifs is 1. The Morgan fingerprint density at radius 3 is 2.77 bits per heavy atom. The minimum Gasteiger partial charge on any atom is -0.495 e. The maximum atomic E-state index is 12.5. The van der Waals surface area contributed by atoms with Gasteiger partial charge in [0.2, 0.25) is 0 Å². The summed E-state index contributed by atoms with van der Waals surface area (Å²) in [5.41, 5.74) is 2.35. The van der Waals surface area contributed by atoms with E-state index in [9.17, 15) is 4.79 Å². The highest BCUT2D eigenvalue weighted by Gasteiger charge is 2.14. The molecule has 1 unspecified atom stereocenters. The summed E-state index contributed by atoms with van der Waals surface area (Å²) in [4.78, 5) is 19.6. The summed E-state index contributed by atoms with van der Waals surface area (Å²) in [6, 6.07) is 8.84. The molecule has 0 bridgehead atoms. The lowest BCUT2D eigenvalue weighted by Gasteiger charge is -2.16. The molecule has 3 rings (SSSR count). The van der Waals surface area contributed by atoms with Crippen LogP contribution in [-0.2, 0) is 0 Å². The summed E-state index contributed by atoms with van der Waals surface area (Å²) in [6.45, 7) is 3.71. The maximum absolute atomic E-state index is 12.5. The van der Waals surface area contributed by atoms with Crippen LogP contribution in [0.25, 0.3) is 10.9 Å². The largest absolute Gasteiger partial charge is 0.495 e. The van der Waals surface area contributed by atoms with E-state index >= 15 is 0 Å². The highest BCUT2D eigenvalue weighted by atomic mass is 35.5. The number of aromatic amines is 1. The summed E-state index contributed by atoms with van der Waals surface area (Å²) in [5.74, 6) is 1.10. The van der Waals surface area contributed by atoms with Crippen LogP contribution in [0.4, 0.5) is 5.82 Å². The Labute approximate surface area is 155 Å². The van der Waals surface area contributed by atoms with E-state index in [1.54, 1.807) is 24.3 Å². The fraction of sp³-hybridized carbons (Fsp3) is 0.211. The number of methoxy groups -OCH3 is 1. The van der Waals surface area contributed by atoms with Crippen LogP contribution in [0.15, 0.2) is 35.3 Å². The van der Waals surface area contributed by atoms with Gasteiger partial charge in [0.25, 0.3) is 5.56 Å². The molecule has 0 fully saturated rings. The zero-order valence-electron chi connectivity index (χ0n) is 14.6. The molecule has 26 heavy (non-hydrogen) atoms. The molecule has 7 heteroatoms. The monoisotopic (exact) mass is 368 g/mol. The number of ether oxygens (including phenoxy) is 1. The SMILES string of the molecule is COc1cc2[nH]c(=O)c(C(C)Nc3cc(C)c(C#N)cn3)cc2cc1Cl. The molecule has 3 aromatic rings. The molecule has 0 aliphatic heterocycles. The van der Waals surface area contributed by atoms with Crippen molar-refractivity contribution in [2.45, 2.75) is 19.9 Å². The minimum atomic E-state index is -0.288. The standard InChI is InChI=1S/C19H17ClN4O2/c1-10-4-18(22-9-13(10)8-21)23-11(2)14-5-12-6-15(20)17(26-3)7-16(12)24-19(14)25/h4-7,9,11H,1-3H3,(H,22,23)(H,24,25). The number of nitrogens with one attached hydrogen (secondary N) is 2. The van der Waals surface area contributed by atoms with Gasteiger partial charge in [0, 0.05) is 23.2 Å². The first-order chi connectivity index (χ1) is 12.4. The second-order valence-electron chi connectivity index (χ2n) is 5.99. The third-order valence-electron chi connectivity index (χ3n) is 4.21. The van der Waals surface area contributed by atoms with Crippen molar-refractivity contribution in [3.63, 3.8) is 0 Å². The number of anilines is 1. The van der Waals surface area contributed by atoms with Gasteiger partial charge in [-0.05, 0) is 37.6 Å². The Morgan fingerprint density at radius 1 is 1.35 bits per heavy atom. The highest BCUT2D eigenvalue weighted by molar-refractivity contribution is 6.32. The van der Waals surface area contributed by atoms with Gasteiger partial charge in [0.15, 0.2) is 0 Å².